The van der Waals surface area contributed by atoms with E-state index in [0.717, 1.165) is 18.7 Å². The molecule has 3 heterocycles. The molecule has 0 bridgehead atoms. The number of non-ortho nitro benzene ring substituents is 1. The van der Waals surface area contributed by atoms with E-state index >= 15 is 0 Å². The van der Waals surface area contributed by atoms with Crippen molar-refractivity contribution in [3.05, 3.63) is 92.2 Å². The molecule has 3 aromatic rings. The van der Waals surface area contributed by atoms with Crippen molar-refractivity contribution in [2.45, 2.75) is 31.6 Å². The van der Waals surface area contributed by atoms with Crippen LogP contribution in [0.3, 0.4) is 0 Å². The van der Waals surface area contributed by atoms with E-state index in [1.807, 2.05) is 16.3 Å². The number of hydrogen-bond acceptors (Lipinski definition) is 8. The molecule has 1 N–H and O–H groups in total. The Morgan fingerprint density at radius 3 is 2.55 bits per heavy atom. The van der Waals surface area contributed by atoms with Crippen LogP contribution in [0.5, 0.6) is 5.75 Å². The van der Waals surface area contributed by atoms with Crippen molar-refractivity contribution in [3.8, 4) is 5.75 Å². The van der Waals surface area contributed by atoms with Crippen molar-refractivity contribution in [1.82, 2.24) is 20.0 Å². The number of nitrogens with zero attached hydrogens (tertiary/aromatic N) is 4. The van der Waals surface area contributed by atoms with Crippen LogP contribution in [0.4, 0.5) is 5.69 Å². The first-order valence-electron chi connectivity index (χ1n) is 13.4. The van der Waals surface area contributed by atoms with Gasteiger partial charge < -0.3 is 19.9 Å². The zero-order chi connectivity index (χ0) is 28.1. The van der Waals surface area contributed by atoms with Gasteiger partial charge in [-0.1, -0.05) is 24.3 Å². The van der Waals surface area contributed by atoms with E-state index in [1.165, 1.54) is 17.0 Å². The van der Waals surface area contributed by atoms with Crippen LogP contribution in [-0.4, -0.2) is 83.4 Å². The summed E-state index contributed by atoms with van der Waals surface area (Å²) in [6.07, 6.45) is 0.511. The first-order chi connectivity index (χ1) is 19.4. The van der Waals surface area contributed by atoms with Gasteiger partial charge in [-0.15, -0.1) is 11.3 Å². The summed E-state index contributed by atoms with van der Waals surface area (Å²) < 4.78 is 5.34. The quantitative estimate of drug-likeness (QED) is 0.314. The van der Waals surface area contributed by atoms with Gasteiger partial charge in [0.15, 0.2) is 0 Å². The van der Waals surface area contributed by atoms with Crippen molar-refractivity contribution in [2.24, 2.45) is 0 Å². The molecular formula is C29H33N5O5S. The van der Waals surface area contributed by atoms with Gasteiger partial charge in [0.05, 0.1) is 12.0 Å². The lowest BCUT2D eigenvalue weighted by atomic mass is 10.1. The molecular weight excluding hydrogens is 530 g/mol. The Balaban J connectivity index is 1.43. The Kier molecular flexibility index (Phi) is 8.73. The van der Waals surface area contributed by atoms with Gasteiger partial charge in [-0.2, -0.15) is 0 Å². The highest BCUT2D eigenvalue weighted by Crippen LogP contribution is 2.30. The summed E-state index contributed by atoms with van der Waals surface area (Å²) in [6, 6.07) is 17.0. The van der Waals surface area contributed by atoms with Crippen molar-refractivity contribution in [2.75, 3.05) is 39.8 Å². The molecule has 2 saturated heterocycles. The minimum Gasteiger partial charge on any atom is -0.497 e. The molecule has 1 aromatic heterocycles. The summed E-state index contributed by atoms with van der Waals surface area (Å²) >= 11 is 1.66. The normalized spacial score (nSPS) is 19.1. The number of rotatable bonds is 9. The molecule has 2 aliphatic rings. The maximum absolute atomic E-state index is 13.9. The van der Waals surface area contributed by atoms with E-state index in [9.17, 15) is 19.7 Å². The Bertz CT molecular complexity index is 1330. The molecule has 0 spiro atoms. The number of methoxy groups -OCH3 is 1. The largest absolute Gasteiger partial charge is 0.497 e. The molecule has 2 aromatic carbocycles. The lowest BCUT2D eigenvalue weighted by Gasteiger charge is -2.32. The lowest BCUT2D eigenvalue weighted by Crippen LogP contribution is -2.53. The minimum absolute atomic E-state index is 0.0216. The third-order valence-corrected chi connectivity index (χ3v) is 8.42. The van der Waals surface area contributed by atoms with Crippen LogP contribution in [0, 0.1) is 10.1 Å². The number of amides is 2. The Morgan fingerprint density at radius 2 is 1.88 bits per heavy atom. The van der Waals surface area contributed by atoms with E-state index in [2.05, 4.69) is 16.3 Å². The first kappa shape index (κ1) is 27.8. The molecule has 0 saturated carbocycles. The fourth-order valence-electron chi connectivity index (χ4n) is 5.43. The summed E-state index contributed by atoms with van der Waals surface area (Å²) in [6.45, 7) is 4.28. The second kappa shape index (κ2) is 12.6. The SMILES string of the molecule is COc1cccc(C(=O)N2CC(N(Cc3ccc([N+](=O)[O-])cc3)Cc3cccs3)CC2C(=O)N2CCNCC2)c1. The van der Waals surface area contributed by atoms with Crippen LogP contribution in [0.1, 0.15) is 27.2 Å². The number of carbonyl (C=O) groups is 2. The van der Waals surface area contributed by atoms with Crippen molar-refractivity contribution in [3.63, 3.8) is 0 Å². The van der Waals surface area contributed by atoms with Gasteiger partial charge in [-0.25, -0.2) is 0 Å². The predicted octanol–water partition coefficient (Wildman–Crippen LogP) is 3.38. The maximum atomic E-state index is 13.9. The van der Waals surface area contributed by atoms with Gasteiger partial charge in [-0.05, 0) is 41.6 Å². The van der Waals surface area contributed by atoms with Crippen molar-refractivity contribution >= 4 is 28.8 Å². The third-order valence-electron chi connectivity index (χ3n) is 7.56. The van der Waals surface area contributed by atoms with Gasteiger partial charge >= 0.3 is 0 Å². The molecule has 0 aliphatic carbocycles. The van der Waals surface area contributed by atoms with E-state index in [4.69, 9.17) is 4.74 Å². The van der Waals surface area contributed by atoms with Crippen LogP contribution in [0.25, 0.3) is 0 Å². The highest BCUT2D eigenvalue weighted by atomic mass is 32.1. The highest BCUT2D eigenvalue weighted by Gasteiger charge is 2.43. The van der Waals surface area contributed by atoms with Crippen LogP contribution in [0.15, 0.2) is 66.0 Å². The number of likely N-dealkylation sites (tertiary alicyclic amines) is 1. The van der Waals surface area contributed by atoms with Gasteiger partial charge in [0.1, 0.15) is 11.8 Å². The molecule has 10 nitrogen and oxygen atoms in total. The molecule has 2 amide bonds. The molecule has 210 valence electrons. The van der Waals surface area contributed by atoms with Crippen molar-refractivity contribution in [1.29, 1.82) is 0 Å². The minimum atomic E-state index is -0.579. The Labute approximate surface area is 237 Å². The van der Waals surface area contributed by atoms with E-state index in [0.29, 0.717) is 50.5 Å². The summed E-state index contributed by atoms with van der Waals surface area (Å²) in [5.41, 5.74) is 1.47. The second-order valence-electron chi connectivity index (χ2n) is 10.1. The van der Waals surface area contributed by atoms with Crippen molar-refractivity contribution < 1.29 is 19.2 Å². The van der Waals surface area contributed by atoms with Gasteiger partial charge in [0.2, 0.25) is 5.91 Å². The van der Waals surface area contributed by atoms with Gasteiger partial charge in [0, 0.05) is 74.4 Å². The zero-order valence-corrected chi connectivity index (χ0v) is 23.2. The highest BCUT2D eigenvalue weighted by molar-refractivity contribution is 7.09. The number of hydrogen-bond donors (Lipinski definition) is 1. The Hall–Kier alpha value is -3.80. The number of carbonyl (C=O) groups excluding carboxylic acids is 2. The standard InChI is InChI=1S/C29H33N5O5S/c1-39-25-5-2-4-22(16-25)28(35)33-19-24(17-27(33)29(36)31-13-11-30-12-14-31)32(20-26-6-3-15-40-26)18-21-7-9-23(10-8-21)34(37)38/h2-10,15-16,24,27,30H,11-14,17-20H2,1H3. The monoisotopic (exact) mass is 563 g/mol. The average molecular weight is 564 g/mol. The molecule has 0 radical (unpaired) electrons. The summed E-state index contributed by atoms with van der Waals surface area (Å²) in [5.74, 6) is 0.372. The maximum Gasteiger partial charge on any atom is 0.269 e. The predicted molar refractivity (Wildman–Crippen MR) is 152 cm³/mol. The molecule has 2 fully saturated rings. The Morgan fingerprint density at radius 1 is 1.10 bits per heavy atom. The number of nitro benzene ring substituents is 1. The average Bonchev–Trinajstić information content (AvgIpc) is 3.67. The summed E-state index contributed by atoms with van der Waals surface area (Å²) in [4.78, 5) is 45.5. The fourth-order valence-corrected chi connectivity index (χ4v) is 6.16. The topological polar surface area (TPSA) is 108 Å². The number of nitrogens with one attached hydrogen (secondary N) is 1. The number of thiophene rings is 1. The van der Waals surface area contributed by atoms with Gasteiger partial charge in [0.25, 0.3) is 11.6 Å². The lowest BCUT2D eigenvalue weighted by molar-refractivity contribution is -0.384. The smallest absolute Gasteiger partial charge is 0.269 e. The number of piperazine rings is 1. The van der Waals surface area contributed by atoms with Crippen LogP contribution < -0.4 is 10.1 Å². The molecule has 11 heteroatoms. The third kappa shape index (κ3) is 6.33. The van der Waals surface area contributed by atoms with Crippen LogP contribution >= 0.6 is 11.3 Å². The van der Waals surface area contributed by atoms with E-state index in [-0.39, 0.29) is 23.5 Å². The number of ether oxygens (including phenoxy) is 1. The van der Waals surface area contributed by atoms with Crippen LogP contribution in [-0.2, 0) is 17.9 Å². The molecule has 2 atom stereocenters. The molecule has 5 rings (SSSR count). The second-order valence-corrected chi connectivity index (χ2v) is 11.1. The van der Waals surface area contributed by atoms with Gasteiger partial charge in [-0.3, -0.25) is 24.6 Å². The fraction of sp³-hybridized carbons (Fsp3) is 0.379. The van der Waals surface area contributed by atoms with E-state index < -0.39 is 11.0 Å². The van der Waals surface area contributed by atoms with Crippen LogP contribution in [0.2, 0.25) is 0 Å². The molecule has 40 heavy (non-hydrogen) atoms. The first-order valence-corrected chi connectivity index (χ1v) is 14.2. The molecule has 2 unspecified atom stereocenters. The number of nitro groups is 1. The summed E-state index contributed by atoms with van der Waals surface area (Å²) in [5, 5.41) is 16.5. The molecule has 2 aliphatic heterocycles. The van der Waals surface area contributed by atoms with E-state index in [1.54, 1.807) is 59.7 Å². The summed E-state index contributed by atoms with van der Waals surface area (Å²) in [7, 11) is 1.56. The number of benzene rings is 2. The zero-order valence-electron chi connectivity index (χ0n) is 22.4.